The third kappa shape index (κ3) is 3.55. The Bertz CT molecular complexity index is 1310. The number of ether oxygens (including phenoxy) is 2. The van der Waals surface area contributed by atoms with Gasteiger partial charge in [0.1, 0.15) is 29.7 Å². The van der Waals surface area contributed by atoms with Crippen LogP contribution in [0.4, 0.5) is 0 Å². The monoisotopic (exact) mass is 416 g/mol. The first-order chi connectivity index (χ1) is 15.2. The first-order valence-corrected chi connectivity index (χ1v) is 10.7. The van der Waals surface area contributed by atoms with Crippen LogP contribution in [-0.2, 0) is 6.54 Å². The van der Waals surface area contributed by atoms with Crippen molar-refractivity contribution in [2.45, 2.75) is 25.4 Å². The number of quaternary nitrogens is 1. The van der Waals surface area contributed by atoms with Crippen LogP contribution in [0.3, 0.4) is 0 Å². The molecule has 1 aliphatic heterocycles. The Labute approximate surface area is 180 Å². The zero-order valence-electron chi connectivity index (χ0n) is 17.8. The highest BCUT2D eigenvalue weighted by molar-refractivity contribution is 6.06. The van der Waals surface area contributed by atoms with Gasteiger partial charge in [0.15, 0.2) is 0 Å². The zero-order chi connectivity index (χ0) is 21.4. The molecule has 5 rings (SSSR count). The van der Waals surface area contributed by atoms with Crippen LogP contribution in [0.5, 0.6) is 11.5 Å². The summed E-state index contributed by atoms with van der Waals surface area (Å²) in [5.74, 6) is 1.71. The standard InChI is InChI=1S/C26H25NO4/c1-29-19-10-12-23(30-2)21(15-19)22-8-5-13-27(22)16-18-14-25(28)31-24-11-9-17-6-3-4-7-20(17)26(18)24/h3-4,6-7,9-12,14-15,22H,5,8,13,16H2,1-2H3/p+1/t22-/m0/s1. The SMILES string of the molecule is COc1ccc(OC)c([C@@H]2CCC[NH+]2Cc2cc(=O)oc3ccc4ccccc4c23)c1. The summed E-state index contributed by atoms with van der Waals surface area (Å²) in [6.07, 6.45) is 2.19. The molecule has 5 heteroatoms. The van der Waals surface area contributed by atoms with Gasteiger partial charge in [0.25, 0.3) is 0 Å². The fraction of sp³-hybridized carbons (Fsp3) is 0.269. The summed E-state index contributed by atoms with van der Waals surface area (Å²) in [6.45, 7) is 1.79. The average Bonchev–Trinajstić information content (AvgIpc) is 3.26. The fourth-order valence-electron chi connectivity index (χ4n) is 5.01. The molecule has 1 saturated heterocycles. The number of benzene rings is 3. The van der Waals surface area contributed by atoms with Crippen molar-refractivity contribution in [1.29, 1.82) is 0 Å². The smallest absolute Gasteiger partial charge is 0.336 e. The Balaban J connectivity index is 1.60. The second-order valence-corrected chi connectivity index (χ2v) is 8.14. The van der Waals surface area contributed by atoms with Gasteiger partial charge in [-0.05, 0) is 35.0 Å². The molecule has 2 atom stereocenters. The summed E-state index contributed by atoms with van der Waals surface area (Å²) in [6, 6.07) is 20.1. The summed E-state index contributed by atoms with van der Waals surface area (Å²) in [5.41, 5.74) is 2.54. The van der Waals surface area contributed by atoms with Crippen LogP contribution in [-0.4, -0.2) is 20.8 Å². The number of nitrogens with one attached hydrogen (secondary N) is 1. The molecule has 1 aliphatic rings. The van der Waals surface area contributed by atoms with Crippen molar-refractivity contribution in [3.63, 3.8) is 0 Å². The van der Waals surface area contributed by atoms with Crippen LogP contribution in [0.25, 0.3) is 21.7 Å². The van der Waals surface area contributed by atoms with E-state index in [0.717, 1.165) is 64.7 Å². The predicted octanol–water partition coefficient (Wildman–Crippen LogP) is 3.88. The molecule has 0 radical (unpaired) electrons. The Morgan fingerprint density at radius 2 is 1.90 bits per heavy atom. The fourth-order valence-corrected chi connectivity index (χ4v) is 5.01. The molecule has 0 aliphatic carbocycles. The molecule has 1 unspecified atom stereocenters. The van der Waals surface area contributed by atoms with Gasteiger partial charge in [-0.25, -0.2) is 4.79 Å². The van der Waals surface area contributed by atoms with E-state index in [1.807, 2.05) is 36.4 Å². The predicted molar refractivity (Wildman–Crippen MR) is 121 cm³/mol. The van der Waals surface area contributed by atoms with Crippen LogP contribution < -0.4 is 20.0 Å². The summed E-state index contributed by atoms with van der Waals surface area (Å²) in [7, 11) is 3.40. The van der Waals surface area contributed by atoms with Crippen LogP contribution in [0.2, 0.25) is 0 Å². The lowest BCUT2D eigenvalue weighted by Gasteiger charge is -2.24. The number of likely N-dealkylation sites (tertiary alicyclic amines) is 1. The van der Waals surface area contributed by atoms with Crippen molar-refractivity contribution in [2.75, 3.05) is 20.8 Å². The topological polar surface area (TPSA) is 53.1 Å². The van der Waals surface area contributed by atoms with E-state index in [1.165, 1.54) is 4.90 Å². The van der Waals surface area contributed by atoms with E-state index >= 15 is 0 Å². The summed E-state index contributed by atoms with van der Waals surface area (Å²) in [5, 5.41) is 3.30. The second kappa shape index (κ2) is 8.08. The summed E-state index contributed by atoms with van der Waals surface area (Å²) >= 11 is 0. The van der Waals surface area contributed by atoms with Crippen molar-refractivity contribution < 1.29 is 18.8 Å². The molecular formula is C26H26NO4+. The Morgan fingerprint density at radius 1 is 1.03 bits per heavy atom. The van der Waals surface area contributed by atoms with Crippen LogP contribution in [0, 0.1) is 0 Å². The van der Waals surface area contributed by atoms with Crippen molar-refractivity contribution in [1.82, 2.24) is 0 Å². The summed E-state index contributed by atoms with van der Waals surface area (Å²) < 4.78 is 16.7. The third-order valence-corrected chi connectivity index (χ3v) is 6.43. The number of hydrogen-bond acceptors (Lipinski definition) is 4. The Kier molecular flexibility index (Phi) is 5.12. The van der Waals surface area contributed by atoms with Crippen molar-refractivity contribution >= 4 is 21.7 Å². The highest BCUT2D eigenvalue weighted by Crippen LogP contribution is 2.33. The molecule has 1 aromatic heterocycles. The summed E-state index contributed by atoms with van der Waals surface area (Å²) in [4.78, 5) is 13.8. The Morgan fingerprint density at radius 3 is 2.74 bits per heavy atom. The highest BCUT2D eigenvalue weighted by atomic mass is 16.5. The maximum absolute atomic E-state index is 12.3. The number of methoxy groups -OCH3 is 2. The number of hydrogen-bond donors (Lipinski definition) is 1. The molecule has 1 fully saturated rings. The normalized spacial score (nSPS) is 18.5. The zero-order valence-corrected chi connectivity index (χ0v) is 17.8. The van der Waals surface area contributed by atoms with Crippen LogP contribution in [0.1, 0.15) is 30.0 Å². The van der Waals surface area contributed by atoms with Gasteiger partial charge in [-0.3, -0.25) is 0 Å². The average molecular weight is 416 g/mol. The second-order valence-electron chi connectivity index (χ2n) is 8.14. The van der Waals surface area contributed by atoms with Gasteiger partial charge < -0.3 is 18.8 Å². The van der Waals surface area contributed by atoms with Crippen LogP contribution in [0.15, 0.2) is 69.9 Å². The van der Waals surface area contributed by atoms with E-state index < -0.39 is 0 Å². The van der Waals surface area contributed by atoms with Gasteiger partial charge in [0, 0.05) is 29.9 Å². The maximum Gasteiger partial charge on any atom is 0.336 e. The first kappa shape index (κ1) is 19.6. The molecule has 0 amide bonds. The van der Waals surface area contributed by atoms with Gasteiger partial charge in [-0.15, -0.1) is 0 Å². The minimum absolute atomic E-state index is 0.280. The molecule has 0 bridgehead atoms. The lowest BCUT2D eigenvalue weighted by Crippen LogP contribution is -3.08. The molecule has 158 valence electrons. The van der Waals surface area contributed by atoms with Crippen molar-refractivity contribution in [3.05, 3.63) is 82.2 Å². The molecule has 31 heavy (non-hydrogen) atoms. The minimum Gasteiger partial charge on any atom is -0.497 e. The minimum atomic E-state index is -0.299. The number of rotatable bonds is 5. The van der Waals surface area contributed by atoms with E-state index in [9.17, 15) is 4.79 Å². The molecular weight excluding hydrogens is 390 g/mol. The van der Waals surface area contributed by atoms with Gasteiger partial charge in [0.05, 0.1) is 26.3 Å². The van der Waals surface area contributed by atoms with Gasteiger partial charge in [0.2, 0.25) is 0 Å². The number of fused-ring (bicyclic) bond motifs is 3. The van der Waals surface area contributed by atoms with Gasteiger partial charge in [-0.2, -0.15) is 0 Å². The van der Waals surface area contributed by atoms with E-state index in [2.05, 4.69) is 18.2 Å². The van der Waals surface area contributed by atoms with Crippen molar-refractivity contribution in [2.24, 2.45) is 0 Å². The molecule has 1 N–H and O–H groups in total. The Hall–Kier alpha value is -3.31. The quantitative estimate of drug-likeness (QED) is 0.396. The molecule has 2 heterocycles. The molecule has 5 nitrogen and oxygen atoms in total. The van der Waals surface area contributed by atoms with E-state index in [4.69, 9.17) is 13.9 Å². The first-order valence-electron chi connectivity index (χ1n) is 10.7. The van der Waals surface area contributed by atoms with E-state index in [-0.39, 0.29) is 11.7 Å². The largest absolute Gasteiger partial charge is 0.497 e. The van der Waals surface area contributed by atoms with Gasteiger partial charge >= 0.3 is 5.63 Å². The van der Waals surface area contributed by atoms with Crippen LogP contribution >= 0.6 is 0 Å². The lowest BCUT2D eigenvalue weighted by molar-refractivity contribution is -0.931. The molecule has 3 aromatic carbocycles. The van der Waals surface area contributed by atoms with Gasteiger partial charge in [-0.1, -0.05) is 30.3 Å². The van der Waals surface area contributed by atoms with E-state index in [1.54, 1.807) is 20.3 Å². The highest BCUT2D eigenvalue weighted by Gasteiger charge is 2.33. The molecule has 0 spiro atoms. The van der Waals surface area contributed by atoms with E-state index in [0.29, 0.717) is 5.58 Å². The molecule has 0 saturated carbocycles. The third-order valence-electron chi connectivity index (χ3n) is 6.43. The lowest BCUT2D eigenvalue weighted by atomic mass is 10.00. The maximum atomic E-state index is 12.3. The van der Waals surface area contributed by atoms with Crippen molar-refractivity contribution in [3.8, 4) is 11.5 Å². The molecule has 4 aromatic rings.